The smallest absolute Gasteiger partial charge is 0.169 e. The molecular formula is C9H9F3N+. The normalized spacial score (nSPS) is 22.4. The highest BCUT2D eigenvalue weighted by Crippen LogP contribution is 2.28. The van der Waals surface area contributed by atoms with Gasteiger partial charge in [0.1, 0.15) is 0 Å². The van der Waals surface area contributed by atoms with Crippen LogP contribution in [0.2, 0.25) is 0 Å². The molecule has 0 aliphatic carbocycles. The predicted molar refractivity (Wildman–Crippen MR) is 44.3 cm³/mol. The predicted octanol–water partition coefficient (Wildman–Crippen LogP) is 3.36. The van der Waals surface area contributed by atoms with E-state index in [2.05, 4.69) is 10.9 Å². The summed E-state index contributed by atoms with van der Waals surface area (Å²) in [6.45, 7) is 3.38. The van der Waals surface area contributed by atoms with Gasteiger partial charge in [0.15, 0.2) is 0 Å². The molecule has 4 heteroatoms. The lowest BCUT2D eigenvalue weighted by Crippen LogP contribution is -2.18. The second-order valence-electron chi connectivity index (χ2n) is 2.89. The maximum Gasteiger partial charge on any atom is 0.412 e. The van der Waals surface area contributed by atoms with Gasteiger partial charge >= 0.3 is 11.9 Å². The number of rotatable bonds is 0. The molecule has 0 aromatic rings. The standard InChI is InChI=1S/C9H9F3N/c1-6-3-4-8(9(10,11)12)5-13-7(6)2/h3-4,8H,1-2H3/q+1. The summed E-state index contributed by atoms with van der Waals surface area (Å²) in [6.07, 6.45) is -1.79. The summed E-state index contributed by atoms with van der Waals surface area (Å²) >= 11 is 0. The van der Waals surface area contributed by atoms with E-state index < -0.39 is 12.1 Å². The van der Waals surface area contributed by atoms with E-state index in [1.807, 2.05) is 0 Å². The van der Waals surface area contributed by atoms with Crippen LogP contribution in [0, 0.1) is 12.0 Å². The summed E-state index contributed by atoms with van der Waals surface area (Å²) in [5.41, 5.74) is 1.31. The van der Waals surface area contributed by atoms with Crippen molar-refractivity contribution in [2.45, 2.75) is 20.0 Å². The molecule has 0 N–H and O–H groups in total. The van der Waals surface area contributed by atoms with Gasteiger partial charge in [-0.25, -0.2) is 0 Å². The molecule has 0 amide bonds. The van der Waals surface area contributed by atoms with E-state index in [-0.39, 0.29) is 0 Å². The van der Waals surface area contributed by atoms with Crippen molar-refractivity contribution in [3.8, 4) is 6.07 Å². The molecule has 0 radical (unpaired) electrons. The third-order valence-corrected chi connectivity index (χ3v) is 1.83. The number of alkyl halides is 3. The first kappa shape index (κ1) is 9.85. The average Bonchev–Trinajstić information content (AvgIpc) is 2.14. The van der Waals surface area contributed by atoms with Crippen molar-refractivity contribution in [2.75, 3.05) is 0 Å². The monoisotopic (exact) mass is 188 g/mol. The van der Waals surface area contributed by atoms with E-state index in [4.69, 9.17) is 0 Å². The molecule has 1 rings (SSSR count). The number of halogens is 3. The quantitative estimate of drug-likeness (QED) is 0.549. The fourth-order valence-corrected chi connectivity index (χ4v) is 0.841. The molecule has 1 nitrogen and oxygen atoms in total. The van der Waals surface area contributed by atoms with Crippen LogP contribution in [0.4, 0.5) is 13.2 Å². The molecular weight excluding hydrogens is 179 g/mol. The van der Waals surface area contributed by atoms with Crippen molar-refractivity contribution in [2.24, 2.45) is 5.92 Å². The minimum atomic E-state index is -4.29. The van der Waals surface area contributed by atoms with E-state index >= 15 is 0 Å². The third kappa shape index (κ3) is 2.35. The Morgan fingerprint density at radius 1 is 1.38 bits per heavy atom. The highest BCUT2D eigenvalue weighted by atomic mass is 19.4. The van der Waals surface area contributed by atoms with Crippen molar-refractivity contribution in [1.29, 1.82) is 0 Å². The van der Waals surface area contributed by atoms with E-state index in [1.54, 1.807) is 13.8 Å². The van der Waals surface area contributed by atoms with Gasteiger partial charge in [-0.15, -0.1) is 0 Å². The molecule has 0 aromatic carbocycles. The van der Waals surface area contributed by atoms with Crippen molar-refractivity contribution in [1.82, 2.24) is 0 Å². The van der Waals surface area contributed by atoms with E-state index in [1.165, 1.54) is 6.08 Å². The first-order valence-corrected chi connectivity index (χ1v) is 3.80. The third-order valence-electron chi connectivity index (χ3n) is 1.83. The fourth-order valence-electron chi connectivity index (χ4n) is 0.841. The van der Waals surface area contributed by atoms with Gasteiger partial charge in [0, 0.05) is 12.5 Å². The maximum atomic E-state index is 12.2. The molecule has 13 heavy (non-hydrogen) atoms. The van der Waals surface area contributed by atoms with Gasteiger partial charge < -0.3 is 0 Å². The molecule has 70 valence electrons. The Hall–Kier alpha value is -1.24. The van der Waals surface area contributed by atoms with Gasteiger partial charge in [-0.3, -0.25) is 0 Å². The summed E-state index contributed by atoms with van der Waals surface area (Å²) in [6, 6.07) is 2.06. The molecule has 1 aliphatic rings. The second kappa shape index (κ2) is 3.25. The van der Waals surface area contributed by atoms with Crippen LogP contribution in [-0.4, -0.2) is 6.18 Å². The first-order valence-electron chi connectivity index (χ1n) is 3.80. The van der Waals surface area contributed by atoms with Crippen LogP contribution in [-0.2, 0) is 0 Å². The molecule has 0 fully saturated rings. The summed E-state index contributed by atoms with van der Waals surface area (Å²) in [4.78, 5) is 3.60. The fraction of sp³-hybridized carbons (Fsp3) is 0.444. The Morgan fingerprint density at radius 2 is 2.00 bits per heavy atom. The van der Waals surface area contributed by atoms with Crippen molar-refractivity contribution in [3.05, 3.63) is 28.3 Å². The van der Waals surface area contributed by atoms with Crippen molar-refractivity contribution >= 4 is 0 Å². The average molecular weight is 188 g/mol. The van der Waals surface area contributed by atoms with Gasteiger partial charge in [-0.1, -0.05) is 12.2 Å². The summed E-state index contributed by atoms with van der Waals surface area (Å²) in [5.74, 6) is -1.68. The minimum Gasteiger partial charge on any atom is -0.169 e. The first-order chi connectivity index (χ1) is 5.91. The van der Waals surface area contributed by atoms with Gasteiger partial charge in [0.25, 0.3) is 6.07 Å². The number of hydrogen-bond acceptors (Lipinski definition) is 0. The summed E-state index contributed by atoms with van der Waals surface area (Å²) < 4.78 is 36.6. The zero-order valence-corrected chi connectivity index (χ0v) is 7.31. The SMILES string of the molecule is CC1=C(C)[N+]#CC(C(F)(F)F)C=C1. The Labute approximate surface area is 74.4 Å². The van der Waals surface area contributed by atoms with Crippen LogP contribution in [0.5, 0.6) is 0 Å². The van der Waals surface area contributed by atoms with Crippen LogP contribution in [0.1, 0.15) is 13.8 Å². The van der Waals surface area contributed by atoms with Crippen LogP contribution in [0.3, 0.4) is 0 Å². The molecule has 0 bridgehead atoms. The second-order valence-corrected chi connectivity index (χ2v) is 2.89. The minimum absolute atomic E-state index is 0.572. The largest absolute Gasteiger partial charge is 0.412 e. The highest BCUT2D eigenvalue weighted by molar-refractivity contribution is 5.33. The lowest BCUT2D eigenvalue weighted by Gasteiger charge is -2.04. The lowest BCUT2D eigenvalue weighted by atomic mass is 10.1. The zero-order valence-electron chi connectivity index (χ0n) is 7.31. The summed E-state index contributed by atoms with van der Waals surface area (Å²) in [5, 5.41) is 0. The Bertz CT molecular complexity index is 325. The van der Waals surface area contributed by atoms with Gasteiger partial charge in [-0.2, -0.15) is 13.2 Å². The van der Waals surface area contributed by atoms with Crippen LogP contribution >= 0.6 is 0 Å². The summed E-state index contributed by atoms with van der Waals surface area (Å²) in [7, 11) is 0. The van der Waals surface area contributed by atoms with E-state index in [0.717, 1.165) is 11.6 Å². The Balaban J connectivity index is 2.97. The highest BCUT2D eigenvalue weighted by Gasteiger charge is 2.41. The van der Waals surface area contributed by atoms with Crippen molar-refractivity contribution in [3.63, 3.8) is 0 Å². The maximum absolute atomic E-state index is 12.2. The molecule has 1 heterocycles. The number of allylic oxidation sites excluding steroid dienone is 4. The molecule has 1 atom stereocenters. The number of hydrogen-bond donors (Lipinski definition) is 0. The van der Waals surface area contributed by atoms with Gasteiger partial charge in [-0.05, 0) is 11.8 Å². The molecule has 1 unspecified atom stereocenters. The van der Waals surface area contributed by atoms with Crippen LogP contribution in [0.15, 0.2) is 23.4 Å². The zero-order chi connectivity index (χ0) is 10.1. The number of nitrogens with zero attached hydrogens (tertiary/aromatic N) is 1. The van der Waals surface area contributed by atoms with Crippen LogP contribution < -0.4 is 0 Å². The van der Waals surface area contributed by atoms with Gasteiger partial charge in [0.05, 0.1) is 0 Å². The van der Waals surface area contributed by atoms with E-state index in [9.17, 15) is 13.2 Å². The lowest BCUT2D eigenvalue weighted by molar-refractivity contribution is -0.146. The molecule has 1 aliphatic heterocycles. The van der Waals surface area contributed by atoms with Crippen LogP contribution in [0.25, 0.3) is 4.85 Å². The topological polar surface area (TPSA) is 4.36 Å². The molecule has 0 saturated carbocycles. The Morgan fingerprint density at radius 3 is 2.54 bits per heavy atom. The van der Waals surface area contributed by atoms with Crippen molar-refractivity contribution < 1.29 is 13.2 Å². The Kier molecular flexibility index (Phi) is 2.46. The molecule has 0 spiro atoms. The molecule has 0 aromatic heterocycles. The van der Waals surface area contributed by atoms with Gasteiger partial charge in [0.2, 0.25) is 5.92 Å². The molecule has 0 saturated heterocycles. The van der Waals surface area contributed by atoms with E-state index in [0.29, 0.717) is 5.70 Å².